The van der Waals surface area contributed by atoms with Crippen molar-refractivity contribution < 1.29 is 31.1 Å². The monoisotopic (exact) mass is 402 g/mol. The first kappa shape index (κ1) is 22.5. The molecular weight excluding hydrogens is 377 g/mol. The molecule has 0 aromatic carbocycles. The molecule has 12 heteroatoms. The molecule has 1 aliphatic heterocycles. The quantitative estimate of drug-likeness (QED) is 0.283. The molecule has 8 nitrogen and oxygen atoms in total. The van der Waals surface area contributed by atoms with E-state index in [0.717, 1.165) is 0 Å². The smallest absolute Gasteiger partial charge is 0.466 e. The number of esters is 1. The van der Waals surface area contributed by atoms with Gasteiger partial charge in [-0.2, -0.15) is 17.5 Å². The van der Waals surface area contributed by atoms with Crippen molar-refractivity contribution in [2.45, 2.75) is 44.2 Å². The van der Waals surface area contributed by atoms with Crippen LogP contribution >= 0.6 is 0 Å². The molecule has 152 valence electrons. The molecule has 0 saturated carbocycles. The minimum Gasteiger partial charge on any atom is -0.466 e. The molecule has 0 amide bonds. The van der Waals surface area contributed by atoms with E-state index in [2.05, 4.69) is 15.6 Å². The van der Waals surface area contributed by atoms with Gasteiger partial charge in [-0.1, -0.05) is 0 Å². The van der Waals surface area contributed by atoms with E-state index in [1.807, 2.05) is 0 Å². The minimum atomic E-state index is -5.27. The summed E-state index contributed by atoms with van der Waals surface area (Å²) in [7, 11) is -3.73. The van der Waals surface area contributed by atoms with Gasteiger partial charge < -0.3 is 15.4 Å². The highest BCUT2D eigenvalue weighted by Gasteiger charge is 2.50. The molecule has 1 aliphatic rings. The summed E-state index contributed by atoms with van der Waals surface area (Å²) in [5, 5.41) is 6.05. The summed E-state index contributed by atoms with van der Waals surface area (Å²) < 4.78 is 65.7. The van der Waals surface area contributed by atoms with Gasteiger partial charge in [0.1, 0.15) is 0 Å². The number of hydrogen-bond donors (Lipinski definition) is 2. The summed E-state index contributed by atoms with van der Waals surface area (Å²) in [6.07, 6.45) is 1.28. The third-order valence-electron chi connectivity index (χ3n) is 3.81. The zero-order chi connectivity index (χ0) is 19.8. The minimum absolute atomic E-state index is 0.189. The standard InChI is InChI=1S/C14H25F3N4O4S/c1-3-25-12(22)5-4-8-19-13(18-2)20-11-6-9-21(10-7-11)26(23,24)14(15,16)17/h11H,3-10H2,1-2H3,(H2,18,19,20). The summed E-state index contributed by atoms with van der Waals surface area (Å²) in [6, 6.07) is -0.189. The van der Waals surface area contributed by atoms with E-state index in [9.17, 15) is 26.4 Å². The van der Waals surface area contributed by atoms with Crippen LogP contribution in [0.1, 0.15) is 32.6 Å². The zero-order valence-corrected chi connectivity index (χ0v) is 15.6. The topological polar surface area (TPSA) is 100 Å². The number of sulfonamides is 1. The van der Waals surface area contributed by atoms with E-state index in [1.165, 1.54) is 0 Å². The lowest BCUT2D eigenvalue weighted by Gasteiger charge is -2.32. The second kappa shape index (κ2) is 9.95. The number of halogens is 3. The summed E-state index contributed by atoms with van der Waals surface area (Å²) in [5.74, 6) is 0.168. The van der Waals surface area contributed by atoms with Crippen LogP contribution in [-0.4, -0.2) is 69.5 Å². The van der Waals surface area contributed by atoms with Crippen LogP contribution in [0.25, 0.3) is 0 Å². The predicted octanol–water partition coefficient (Wildman–Crippen LogP) is 0.809. The van der Waals surface area contributed by atoms with Crippen molar-refractivity contribution in [1.82, 2.24) is 14.9 Å². The van der Waals surface area contributed by atoms with Gasteiger partial charge in [0.2, 0.25) is 0 Å². The Hall–Kier alpha value is -1.56. The van der Waals surface area contributed by atoms with Gasteiger partial charge in [0, 0.05) is 39.1 Å². The Labute approximate surface area is 151 Å². The number of rotatable bonds is 7. The second-order valence-electron chi connectivity index (χ2n) is 5.68. The van der Waals surface area contributed by atoms with E-state index in [4.69, 9.17) is 4.74 Å². The molecule has 0 aromatic heterocycles. The van der Waals surface area contributed by atoms with Crippen molar-refractivity contribution in [1.29, 1.82) is 0 Å². The number of alkyl halides is 3. The Bertz CT molecular complexity index is 587. The lowest BCUT2D eigenvalue weighted by molar-refractivity contribution is -0.143. The van der Waals surface area contributed by atoms with E-state index in [-0.39, 0.29) is 44.4 Å². The summed E-state index contributed by atoms with van der Waals surface area (Å²) >= 11 is 0. The number of nitrogens with zero attached hydrogens (tertiary/aromatic N) is 2. The maximum Gasteiger partial charge on any atom is 0.511 e. The Kier molecular flexibility index (Phi) is 8.60. The fourth-order valence-corrected chi connectivity index (χ4v) is 3.43. The number of guanidine groups is 1. The van der Waals surface area contributed by atoms with Crippen LogP contribution in [0, 0.1) is 0 Å². The van der Waals surface area contributed by atoms with Crippen molar-refractivity contribution in [2.24, 2.45) is 4.99 Å². The summed E-state index contributed by atoms with van der Waals surface area (Å²) in [4.78, 5) is 15.2. The Morgan fingerprint density at radius 2 is 1.92 bits per heavy atom. The molecule has 0 spiro atoms. The third-order valence-corrected chi connectivity index (χ3v) is 5.44. The fourth-order valence-electron chi connectivity index (χ4n) is 2.45. The van der Waals surface area contributed by atoms with Crippen LogP contribution in [0.5, 0.6) is 0 Å². The molecular formula is C14H25F3N4O4S. The van der Waals surface area contributed by atoms with Gasteiger partial charge in [0.15, 0.2) is 5.96 Å². The van der Waals surface area contributed by atoms with Crippen molar-refractivity contribution in [2.75, 3.05) is 33.3 Å². The molecule has 0 atom stereocenters. The van der Waals surface area contributed by atoms with Crippen LogP contribution < -0.4 is 10.6 Å². The number of piperidine rings is 1. The average Bonchev–Trinajstić information content (AvgIpc) is 2.57. The molecule has 0 aliphatic carbocycles. The summed E-state index contributed by atoms with van der Waals surface area (Å²) in [5.41, 5.74) is -5.27. The number of carbonyl (C=O) groups excluding carboxylic acids is 1. The molecule has 1 fully saturated rings. The summed E-state index contributed by atoms with van der Waals surface area (Å²) in [6.45, 7) is 2.11. The Balaban J connectivity index is 2.38. The number of ether oxygens (including phenoxy) is 1. The number of carbonyl (C=O) groups is 1. The molecule has 0 unspecified atom stereocenters. The first-order chi connectivity index (χ1) is 12.1. The first-order valence-electron chi connectivity index (χ1n) is 8.31. The van der Waals surface area contributed by atoms with Gasteiger partial charge in [-0.3, -0.25) is 9.79 Å². The molecule has 0 radical (unpaired) electrons. The van der Waals surface area contributed by atoms with Crippen LogP contribution in [0.3, 0.4) is 0 Å². The highest BCUT2D eigenvalue weighted by molar-refractivity contribution is 7.90. The highest BCUT2D eigenvalue weighted by atomic mass is 32.2. The van der Waals surface area contributed by atoms with Gasteiger partial charge in [-0.25, -0.2) is 8.42 Å². The Morgan fingerprint density at radius 3 is 2.42 bits per heavy atom. The third kappa shape index (κ3) is 6.63. The van der Waals surface area contributed by atoms with Gasteiger partial charge in [-0.15, -0.1) is 0 Å². The molecule has 1 heterocycles. The van der Waals surface area contributed by atoms with Crippen molar-refractivity contribution in [3.05, 3.63) is 0 Å². The van der Waals surface area contributed by atoms with Gasteiger partial charge in [0.05, 0.1) is 6.61 Å². The fraction of sp³-hybridized carbons (Fsp3) is 0.857. The molecule has 0 bridgehead atoms. The average molecular weight is 402 g/mol. The maximum atomic E-state index is 12.6. The normalized spacial score (nSPS) is 17.8. The van der Waals surface area contributed by atoms with Crippen molar-refractivity contribution in [3.63, 3.8) is 0 Å². The zero-order valence-electron chi connectivity index (χ0n) is 14.8. The highest BCUT2D eigenvalue weighted by Crippen LogP contribution is 2.28. The largest absolute Gasteiger partial charge is 0.511 e. The van der Waals surface area contributed by atoms with E-state index >= 15 is 0 Å². The van der Waals surface area contributed by atoms with E-state index in [1.54, 1.807) is 14.0 Å². The molecule has 0 aromatic rings. The van der Waals surface area contributed by atoms with Crippen LogP contribution in [0.15, 0.2) is 4.99 Å². The molecule has 1 saturated heterocycles. The van der Waals surface area contributed by atoms with E-state index in [0.29, 0.717) is 29.8 Å². The second-order valence-corrected chi connectivity index (χ2v) is 7.61. The SMILES string of the molecule is CCOC(=O)CCCNC(=NC)NC1CCN(S(=O)(=O)C(F)(F)F)CC1. The molecule has 26 heavy (non-hydrogen) atoms. The van der Waals surface area contributed by atoms with Crippen molar-refractivity contribution >= 4 is 22.0 Å². The van der Waals surface area contributed by atoms with E-state index < -0.39 is 15.5 Å². The van der Waals surface area contributed by atoms with Gasteiger partial charge in [-0.05, 0) is 26.2 Å². The lowest BCUT2D eigenvalue weighted by atomic mass is 10.1. The number of nitrogens with one attached hydrogen (secondary N) is 2. The van der Waals surface area contributed by atoms with Crippen LogP contribution in [0.4, 0.5) is 13.2 Å². The van der Waals surface area contributed by atoms with Crippen LogP contribution in [-0.2, 0) is 19.6 Å². The van der Waals surface area contributed by atoms with Gasteiger partial charge in [0.25, 0.3) is 0 Å². The lowest BCUT2D eigenvalue weighted by Crippen LogP contribution is -2.51. The Morgan fingerprint density at radius 1 is 1.31 bits per heavy atom. The molecule has 1 rings (SSSR count). The maximum absolute atomic E-state index is 12.6. The predicted molar refractivity (Wildman–Crippen MR) is 89.9 cm³/mol. The first-order valence-corrected chi connectivity index (χ1v) is 9.75. The number of hydrogen-bond acceptors (Lipinski definition) is 5. The number of aliphatic imine (C=N–C) groups is 1. The van der Waals surface area contributed by atoms with Crippen LogP contribution in [0.2, 0.25) is 0 Å². The van der Waals surface area contributed by atoms with Gasteiger partial charge >= 0.3 is 21.5 Å². The van der Waals surface area contributed by atoms with Crippen molar-refractivity contribution in [3.8, 4) is 0 Å². The molecule has 2 N–H and O–H groups in total.